The number of fused-ring (bicyclic) bond motifs is 1. The molecule has 0 saturated carbocycles. The number of morpholine rings is 1. The maximum absolute atomic E-state index is 10.5. The van der Waals surface area contributed by atoms with Gasteiger partial charge in [0.2, 0.25) is 0 Å². The Balaban J connectivity index is 1.65. The Morgan fingerprint density at radius 3 is 3.25 bits per heavy atom. The quantitative estimate of drug-likeness (QED) is 0.777. The lowest BCUT2D eigenvalue weighted by molar-refractivity contribution is 0.0682. The van der Waals surface area contributed by atoms with Crippen molar-refractivity contribution in [1.29, 1.82) is 0 Å². The molecule has 0 radical (unpaired) electrons. The third kappa shape index (κ3) is 2.88. The molecule has 1 aliphatic rings. The van der Waals surface area contributed by atoms with Crippen LogP contribution in [0.3, 0.4) is 0 Å². The van der Waals surface area contributed by atoms with Crippen molar-refractivity contribution in [3.05, 3.63) is 40.5 Å². The molecule has 0 aliphatic carbocycles. The predicted octanol–water partition coefficient (Wildman–Crippen LogP) is 1.82. The van der Waals surface area contributed by atoms with Crippen LogP contribution in [-0.4, -0.2) is 50.5 Å². The summed E-state index contributed by atoms with van der Waals surface area (Å²) < 4.78 is 7.42. The fourth-order valence-electron chi connectivity index (χ4n) is 3.12. The molecule has 0 amide bonds. The predicted molar refractivity (Wildman–Crippen MR) is 91.4 cm³/mol. The van der Waals surface area contributed by atoms with Gasteiger partial charge in [0.05, 0.1) is 25.4 Å². The molecular formula is C16H19N5O2S. The van der Waals surface area contributed by atoms with Crippen LogP contribution in [0.1, 0.15) is 23.1 Å². The first-order valence-electron chi connectivity index (χ1n) is 7.95. The number of aliphatic hydroxyl groups excluding tert-OH is 1. The maximum Gasteiger partial charge on any atom is 0.254 e. The first-order chi connectivity index (χ1) is 11.7. The number of anilines is 1. The van der Waals surface area contributed by atoms with Crippen molar-refractivity contribution < 1.29 is 9.84 Å². The highest BCUT2D eigenvalue weighted by Crippen LogP contribution is 2.28. The first kappa shape index (κ1) is 15.5. The monoisotopic (exact) mass is 345 g/mol. The van der Waals surface area contributed by atoms with Crippen molar-refractivity contribution >= 4 is 22.9 Å². The molecule has 1 fully saturated rings. The van der Waals surface area contributed by atoms with Crippen LogP contribution in [0.5, 0.6) is 0 Å². The van der Waals surface area contributed by atoms with Gasteiger partial charge in [0.1, 0.15) is 12.1 Å². The molecule has 0 bridgehead atoms. The number of rotatable bonds is 4. The SMILES string of the molecule is Cc1cc(N2CCOC[C@H]2C[C@H](O)c2cccs2)n2ncnc2n1. The minimum Gasteiger partial charge on any atom is -0.387 e. The number of aliphatic hydroxyl groups is 1. The number of ether oxygens (including phenoxy) is 1. The third-order valence-corrected chi connectivity index (χ3v) is 5.22. The van der Waals surface area contributed by atoms with Crippen LogP contribution in [-0.2, 0) is 4.74 Å². The molecule has 7 nitrogen and oxygen atoms in total. The molecule has 1 aliphatic heterocycles. The molecule has 2 atom stereocenters. The van der Waals surface area contributed by atoms with Crippen molar-refractivity contribution in [2.45, 2.75) is 25.5 Å². The standard InChI is InChI=1S/C16H19N5O2S/c1-11-7-15(21-16(19-11)17-10-18-21)20-4-5-23-9-12(20)8-13(22)14-3-2-6-24-14/h2-3,6-7,10,12-13,22H,4-5,8-9H2,1H3/t12-,13+/m1/s1. The van der Waals surface area contributed by atoms with E-state index in [1.807, 2.05) is 30.5 Å². The van der Waals surface area contributed by atoms with Gasteiger partial charge in [0, 0.05) is 29.6 Å². The zero-order chi connectivity index (χ0) is 16.5. The molecule has 24 heavy (non-hydrogen) atoms. The Bertz CT molecular complexity index is 819. The highest BCUT2D eigenvalue weighted by atomic mass is 32.1. The van der Waals surface area contributed by atoms with Gasteiger partial charge in [0.25, 0.3) is 5.78 Å². The zero-order valence-electron chi connectivity index (χ0n) is 13.4. The second kappa shape index (κ2) is 6.46. The van der Waals surface area contributed by atoms with Crippen molar-refractivity contribution in [1.82, 2.24) is 19.6 Å². The second-order valence-electron chi connectivity index (χ2n) is 5.92. The van der Waals surface area contributed by atoms with Gasteiger partial charge in [-0.3, -0.25) is 0 Å². The van der Waals surface area contributed by atoms with Gasteiger partial charge in [-0.15, -0.1) is 11.3 Å². The fraction of sp³-hybridized carbons (Fsp3) is 0.438. The number of thiophene rings is 1. The Kier molecular flexibility index (Phi) is 4.17. The van der Waals surface area contributed by atoms with Gasteiger partial charge >= 0.3 is 0 Å². The van der Waals surface area contributed by atoms with E-state index in [4.69, 9.17) is 4.74 Å². The summed E-state index contributed by atoms with van der Waals surface area (Å²) in [5.74, 6) is 1.54. The van der Waals surface area contributed by atoms with E-state index in [0.717, 1.165) is 22.9 Å². The molecule has 8 heteroatoms. The molecular weight excluding hydrogens is 326 g/mol. The van der Waals surface area contributed by atoms with Crippen LogP contribution in [0.2, 0.25) is 0 Å². The van der Waals surface area contributed by atoms with E-state index < -0.39 is 6.10 Å². The van der Waals surface area contributed by atoms with E-state index in [1.165, 1.54) is 6.33 Å². The molecule has 0 unspecified atom stereocenters. The van der Waals surface area contributed by atoms with E-state index in [-0.39, 0.29) is 6.04 Å². The average molecular weight is 345 g/mol. The highest BCUT2D eigenvalue weighted by molar-refractivity contribution is 7.10. The molecule has 1 N–H and O–H groups in total. The van der Waals surface area contributed by atoms with E-state index in [0.29, 0.717) is 25.4 Å². The fourth-order valence-corrected chi connectivity index (χ4v) is 3.85. The van der Waals surface area contributed by atoms with Crippen LogP contribution in [0.4, 0.5) is 5.82 Å². The summed E-state index contributed by atoms with van der Waals surface area (Å²) in [6, 6.07) is 6.02. The van der Waals surface area contributed by atoms with Crippen LogP contribution in [0.25, 0.3) is 5.78 Å². The number of aryl methyl sites for hydroxylation is 1. The van der Waals surface area contributed by atoms with Crippen LogP contribution >= 0.6 is 11.3 Å². The number of hydrogen-bond donors (Lipinski definition) is 1. The topological polar surface area (TPSA) is 75.8 Å². The van der Waals surface area contributed by atoms with E-state index in [2.05, 4.69) is 20.0 Å². The summed E-state index contributed by atoms with van der Waals surface area (Å²) in [5.41, 5.74) is 0.898. The molecule has 4 heterocycles. The van der Waals surface area contributed by atoms with Gasteiger partial charge in [-0.05, 0) is 18.4 Å². The van der Waals surface area contributed by atoms with Crippen LogP contribution < -0.4 is 4.90 Å². The van der Waals surface area contributed by atoms with Crippen molar-refractivity contribution in [3.8, 4) is 0 Å². The largest absolute Gasteiger partial charge is 0.387 e. The Hall–Kier alpha value is -2.03. The van der Waals surface area contributed by atoms with E-state index in [9.17, 15) is 5.11 Å². The average Bonchev–Trinajstić information content (AvgIpc) is 3.26. The summed E-state index contributed by atoms with van der Waals surface area (Å²) in [4.78, 5) is 11.8. The van der Waals surface area contributed by atoms with Crippen molar-refractivity contribution in [2.75, 3.05) is 24.7 Å². The normalized spacial score (nSPS) is 19.8. The molecule has 126 valence electrons. The van der Waals surface area contributed by atoms with Gasteiger partial charge < -0.3 is 14.7 Å². The summed E-state index contributed by atoms with van der Waals surface area (Å²) in [6.45, 7) is 3.94. The van der Waals surface area contributed by atoms with Crippen LogP contribution in [0.15, 0.2) is 29.9 Å². The lowest BCUT2D eigenvalue weighted by Gasteiger charge is -2.38. The lowest BCUT2D eigenvalue weighted by atomic mass is 10.1. The third-order valence-electron chi connectivity index (χ3n) is 4.25. The van der Waals surface area contributed by atoms with Crippen molar-refractivity contribution in [3.63, 3.8) is 0 Å². The summed E-state index contributed by atoms with van der Waals surface area (Å²) in [5, 5.41) is 16.8. The van der Waals surface area contributed by atoms with Gasteiger partial charge in [-0.25, -0.2) is 4.98 Å². The maximum atomic E-state index is 10.5. The van der Waals surface area contributed by atoms with E-state index >= 15 is 0 Å². The Labute approximate surface area is 143 Å². The minimum atomic E-state index is -0.492. The summed E-state index contributed by atoms with van der Waals surface area (Å²) >= 11 is 1.58. The minimum absolute atomic E-state index is 0.0741. The summed E-state index contributed by atoms with van der Waals surface area (Å²) in [6.07, 6.45) is 1.63. The number of hydrogen-bond acceptors (Lipinski definition) is 7. The molecule has 4 rings (SSSR count). The first-order valence-corrected chi connectivity index (χ1v) is 8.83. The molecule has 1 saturated heterocycles. The lowest BCUT2D eigenvalue weighted by Crippen LogP contribution is -2.47. The Morgan fingerprint density at radius 2 is 2.42 bits per heavy atom. The summed E-state index contributed by atoms with van der Waals surface area (Å²) in [7, 11) is 0. The van der Waals surface area contributed by atoms with E-state index in [1.54, 1.807) is 15.9 Å². The molecule has 0 aromatic carbocycles. The van der Waals surface area contributed by atoms with Crippen LogP contribution in [0, 0.1) is 6.92 Å². The van der Waals surface area contributed by atoms with Gasteiger partial charge in [-0.2, -0.15) is 14.6 Å². The Morgan fingerprint density at radius 1 is 1.50 bits per heavy atom. The highest BCUT2D eigenvalue weighted by Gasteiger charge is 2.28. The zero-order valence-corrected chi connectivity index (χ0v) is 14.2. The molecule has 3 aromatic rings. The molecule has 3 aromatic heterocycles. The smallest absolute Gasteiger partial charge is 0.254 e. The second-order valence-corrected chi connectivity index (χ2v) is 6.90. The molecule has 0 spiro atoms. The van der Waals surface area contributed by atoms with Gasteiger partial charge in [0.15, 0.2) is 0 Å². The van der Waals surface area contributed by atoms with Crippen molar-refractivity contribution in [2.24, 2.45) is 0 Å². The number of nitrogens with zero attached hydrogens (tertiary/aromatic N) is 5. The number of aromatic nitrogens is 4. The van der Waals surface area contributed by atoms with Gasteiger partial charge in [-0.1, -0.05) is 6.07 Å².